The summed E-state index contributed by atoms with van der Waals surface area (Å²) in [5.74, 6) is 0. The second kappa shape index (κ2) is 7.06. The number of halogens is 1. The van der Waals surface area contributed by atoms with Gasteiger partial charge in [0.2, 0.25) is 0 Å². The van der Waals surface area contributed by atoms with Crippen molar-refractivity contribution < 1.29 is 0 Å². The highest BCUT2D eigenvalue weighted by molar-refractivity contribution is 9.10. The molecule has 0 bridgehead atoms. The summed E-state index contributed by atoms with van der Waals surface area (Å²) >= 11 is 3.64. The van der Waals surface area contributed by atoms with E-state index in [1.54, 1.807) is 0 Å². The molecular formula is C21H21BrN2. The van der Waals surface area contributed by atoms with Crippen molar-refractivity contribution in [2.45, 2.75) is 6.04 Å². The first-order chi connectivity index (χ1) is 11.8. The molecule has 1 heterocycles. The van der Waals surface area contributed by atoms with Crippen LogP contribution >= 0.6 is 15.9 Å². The zero-order valence-electron chi connectivity index (χ0n) is 13.6. The highest BCUT2D eigenvalue weighted by Gasteiger charge is 2.24. The monoisotopic (exact) mass is 380 g/mol. The molecule has 1 aliphatic rings. The van der Waals surface area contributed by atoms with Crippen LogP contribution in [0.15, 0.2) is 71.2 Å². The van der Waals surface area contributed by atoms with E-state index in [0.717, 1.165) is 30.7 Å². The largest absolute Gasteiger partial charge is 0.314 e. The van der Waals surface area contributed by atoms with Crippen LogP contribution in [0.1, 0.15) is 17.2 Å². The van der Waals surface area contributed by atoms with Gasteiger partial charge in [-0.15, -0.1) is 0 Å². The molecule has 1 N–H and O–H groups in total. The molecule has 1 unspecified atom stereocenters. The molecule has 0 radical (unpaired) electrons. The zero-order valence-corrected chi connectivity index (χ0v) is 15.2. The van der Waals surface area contributed by atoms with Crippen LogP contribution in [0.25, 0.3) is 10.8 Å². The summed E-state index contributed by atoms with van der Waals surface area (Å²) in [4.78, 5) is 2.59. The zero-order chi connectivity index (χ0) is 16.4. The Morgan fingerprint density at radius 2 is 1.54 bits per heavy atom. The van der Waals surface area contributed by atoms with Crippen LogP contribution in [0.2, 0.25) is 0 Å². The predicted molar refractivity (Wildman–Crippen MR) is 104 cm³/mol. The van der Waals surface area contributed by atoms with Crippen molar-refractivity contribution in [1.82, 2.24) is 10.2 Å². The number of hydrogen-bond acceptors (Lipinski definition) is 2. The summed E-state index contributed by atoms with van der Waals surface area (Å²) in [5, 5.41) is 6.07. The number of rotatable bonds is 3. The molecule has 24 heavy (non-hydrogen) atoms. The molecule has 3 heteroatoms. The molecule has 3 aromatic rings. The average Bonchev–Trinajstić information content (AvgIpc) is 2.63. The molecule has 0 amide bonds. The first-order valence-electron chi connectivity index (χ1n) is 8.50. The maximum absolute atomic E-state index is 3.64. The summed E-state index contributed by atoms with van der Waals surface area (Å²) in [7, 11) is 0. The molecule has 1 saturated heterocycles. The van der Waals surface area contributed by atoms with E-state index >= 15 is 0 Å². The Bertz CT molecular complexity index is 840. The fourth-order valence-electron chi connectivity index (χ4n) is 3.61. The first kappa shape index (κ1) is 15.8. The van der Waals surface area contributed by atoms with Gasteiger partial charge >= 0.3 is 0 Å². The number of hydrogen-bond donors (Lipinski definition) is 1. The molecule has 2 nitrogen and oxygen atoms in total. The van der Waals surface area contributed by atoms with Gasteiger partial charge in [-0.3, -0.25) is 4.90 Å². The van der Waals surface area contributed by atoms with Gasteiger partial charge in [0.1, 0.15) is 0 Å². The van der Waals surface area contributed by atoms with Crippen molar-refractivity contribution in [3.63, 3.8) is 0 Å². The highest BCUT2D eigenvalue weighted by Crippen LogP contribution is 2.32. The van der Waals surface area contributed by atoms with Crippen LogP contribution in [-0.4, -0.2) is 31.1 Å². The van der Waals surface area contributed by atoms with Crippen LogP contribution < -0.4 is 5.32 Å². The van der Waals surface area contributed by atoms with Gasteiger partial charge in [-0.25, -0.2) is 0 Å². The molecule has 1 aliphatic heterocycles. The Morgan fingerprint density at radius 3 is 2.33 bits per heavy atom. The maximum atomic E-state index is 3.64. The standard InChI is InChI=1S/C21H21BrN2/c22-20-7-3-6-18(15-20)21(24-12-10-23-11-13-24)19-9-8-16-4-1-2-5-17(16)14-19/h1-9,14-15,21,23H,10-13H2. The Hall–Kier alpha value is -1.68. The Kier molecular flexibility index (Phi) is 4.65. The van der Waals surface area contributed by atoms with Crippen molar-refractivity contribution >= 4 is 26.7 Å². The lowest BCUT2D eigenvalue weighted by atomic mass is 9.94. The topological polar surface area (TPSA) is 15.3 Å². The molecule has 1 fully saturated rings. The lowest BCUT2D eigenvalue weighted by Crippen LogP contribution is -2.45. The molecular weight excluding hydrogens is 360 g/mol. The first-order valence-corrected chi connectivity index (χ1v) is 9.29. The number of nitrogens with zero attached hydrogens (tertiary/aromatic N) is 1. The highest BCUT2D eigenvalue weighted by atomic mass is 79.9. The normalized spacial score (nSPS) is 17.0. The molecule has 3 aromatic carbocycles. The minimum Gasteiger partial charge on any atom is -0.314 e. The summed E-state index contributed by atoms with van der Waals surface area (Å²) in [6, 6.07) is 24.5. The van der Waals surface area contributed by atoms with E-state index in [2.05, 4.69) is 92.9 Å². The van der Waals surface area contributed by atoms with Crippen molar-refractivity contribution in [3.05, 3.63) is 82.3 Å². The third-order valence-corrected chi connectivity index (χ3v) is 5.26. The predicted octanol–water partition coefficient (Wildman–Crippen LogP) is 4.60. The Labute approximate surface area is 151 Å². The second-order valence-electron chi connectivity index (χ2n) is 6.35. The molecule has 0 aliphatic carbocycles. The SMILES string of the molecule is Brc1cccc(C(c2ccc3ccccc3c2)N2CCNCC2)c1. The van der Waals surface area contributed by atoms with E-state index in [1.807, 2.05) is 0 Å². The van der Waals surface area contributed by atoms with Gasteiger partial charge in [-0.1, -0.05) is 64.5 Å². The fourth-order valence-corrected chi connectivity index (χ4v) is 4.03. The summed E-state index contributed by atoms with van der Waals surface area (Å²) in [5.41, 5.74) is 2.72. The maximum Gasteiger partial charge on any atom is 0.0603 e. The van der Waals surface area contributed by atoms with Crippen molar-refractivity contribution in [3.8, 4) is 0 Å². The van der Waals surface area contributed by atoms with Gasteiger partial charge in [0, 0.05) is 30.7 Å². The third kappa shape index (κ3) is 3.25. The summed E-state index contributed by atoms with van der Waals surface area (Å²) in [6.07, 6.45) is 0. The van der Waals surface area contributed by atoms with Gasteiger partial charge in [0.15, 0.2) is 0 Å². The van der Waals surface area contributed by atoms with E-state index in [9.17, 15) is 0 Å². The van der Waals surface area contributed by atoms with E-state index in [1.165, 1.54) is 21.9 Å². The van der Waals surface area contributed by atoms with Crippen LogP contribution in [0.3, 0.4) is 0 Å². The molecule has 122 valence electrons. The third-order valence-electron chi connectivity index (χ3n) is 4.77. The van der Waals surface area contributed by atoms with Gasteiger partial charge in [-0.2, -0.15) is 0 Å². The molecule has 0 saturated carbocycles. The molecule has 4 rings (SSSR count). The van der Waals surface area contributed by atoms with Crippen molar-refractivity contribution in [1.29, 1.82) is 0 Å². The Balaban J connectivity index is 1.80. The van der Waals surface area contributed by atoms with Crippen molar-refractivity contribution in [2.75, 3.05) is 26.2 Å². The lowest BCUT2D eigenvalue weighted by Gasteiger charge is -2.35. The van der Waals surface area contributed by atoms with Gasteiger partial charge in [0.05, 0.1) is 6.04 Å². The van der Waals surface area contributed by atoms with E-state index in [4.69, 9.17) is 0 Å². The Morgan fingerprint density at radius 1 is 0.792 bits per heavy atom. The number of fused-ring (bicyclic) bond motifs is 1. The fraction of sp³-hybridized carbons (Fsp3) is 0.238. The molecule has 0 spiro atoms. The minimum absolute atomic E-state index is 0.300. The van der Waals surface area contributed by atoms with Gasteiger partial charge in [-0.05, 0) is 40.1 Å². The van der Waals surface area contributed by atoms with E-state index in [-0.39, 0.29) is 0 Å². The minimum atomic E-state index is 0.300. The van der Waals surface area contributed by atoms with E-state index in [0.29, 0.717) is 6.04 Å². The van der Waals surface area contributed by atoms with Crippen LogP contribution in [0, 0.1) is 0 Å². The summed E-state index contributed by atoms with van der Waals surface area (Å²) < 4.78 is 1.14. The smallest absolute Gasteiger partial charge is 0.0603 e. The van der Waals surface area contributed by atoms with Gasteiger partial charge < -0.3 is 5.32 Å². The van der Waals surface area contributed by atoms with E-state index < -0.39 is 0 Å². The van der Waals surface area contributed by atoms with Crippen LogP contribution in [0.4, 0.5) is 0 Å². The quantitative estimate of drug-likeness (QED) is 0.714. The van der Waals surface area contributed by atoms with Gasteiger partial charge in [0.25, 0.3) is 0 Å². The number of piperazine rings is 1. The second-order valence-corrected chi connectivity index (χ2v) is 7.27. The molecule has 0 aromatic heterocycles. The van der Waals surface area contributed by atoms with Crippen LogP contribution in [0.5, 0.6) is 0 Å². The van der Waals surface area contributed by atoms with Crippen LogP contribution in [-0.2, 0) is 0 Å². The average molecular weight is 381 g/mol. The number of benzene rings is 3. The van der Waals surface area contributed by atoms with Crippen molar-refractivity contribution in [2.24, 2.45) is 0 Å². The lowest BCUT2D eigenvalue weighted by molar-refractivity contribution is 0.198. The summed E-state index contributed by atoms with van der Waals surface area (Å²) in [6.45, 7) is 4.25. The molecule has 1 atom stereocenters. The number of nitrogens with one attached hydrogen (secondary N) is 1.